The van der Waals surface area contributed by atoms with Crippen LogP contribution >= 0.6 is 0 Å². The molecule has 1 amide bonds. The van der Waals surface area contributed by atoms with Crippen molar-refractivity contribution in [1.82, 2.24) is 9.80 Å². The summed E-state index contributed by atoms with van der Waals surface area (Å²) in [4.78, 5) is 15.9. The van der Waals surface area contributed by atoms with Crippen LogP contribution in [0.3, 0.4) is 0 Å². The molecule has 2 N–H and O–H groups in total. The number of benzene rings is 1. The van der Waals surface area contributed by atoms with Gasteiger partial charge in [0.05, 0.1) is 6.54 Å². The minimum atomic E-state index is 0.159. The number of amides is 1. The number of carbonyl (C=O) groups is 1. The number of nitrogens with two attached hydrogens (primary N) is 1. The van der Waals surface area contributed by atoms with Gasteiger partial charge in [0.25, 0.3) is 0 Å². The molecule has 1 aromatic rings. The summed E-state index contributed by atoms with van der Waals surface area (Å²) in [7, 11) is 1.84. The molecule has 0 aliphatic rings. The van der Waals surface area contributed by atoms with E-state index in [1.165, 1.54) is 5.56 Å². The fourth-order valence-corrected chi connectivity index (χ4v) is 1.75. The Kier molecular flexibility index (Phi) is 5.83. The molecule has 19 heavy (non-hydrogen) atoms. The summed E-state index contributed by atoms with van der Waals surface area (Å²) in [6, 6.07) is 8.14. The normalized spacial score (nSPS) is 11.1. The maximum atomic E-state index is 12.0. The average Bonchev–Trinajstić information content (AvgIpc) is 2.39. The summed E-state index contributed by atoms with van der Waals surface area (Å²) in [6.45, 7) is 8.16. The molecule has 0 radical (unpaired) electrons. The van der Waals surface area contributed by atoms with Crippen molar-refractivity contribution >= 4 is 11.6 Å². The lowest BCUT2D eigenvalue weighted by Crippen LogP contribution is -2.41. The number of carbonyl (C=O) groups excluding carboxylic acids is 1. The monoisotopic (exact) mass is 263 g/mol. The van der Waals surface area contributed by atoms with Crippen LogP contribution in [-0.2, 0) is 11.3 Å². The molecule has 0 saturated carbocycles. The summed E-state index contributed by atoms with van der Waals surface area (Å²) in [5.41, 5.74) is 7.62. The highest BCUT2D eigenvalue weighted by Crippen LogP contribution is 2.11. The van der Waals surface area contributed by atoms with Crippen LogP contribution in [0.5, 0.6) is 0 Å². The molecule has 0 unspecified atom stereocenters. The van der Waals surface area contributed by atoms with E-state index in [0.29, 0.717) is 12.6 Å². The Morgan fingerprint density at radius 2 is 1.84 bits per heavy atom. The van der Waals surface area contributed by atoms with Crippen molar-refractivity contribution in [3.8, 4) is 0 Å². The number of nitrogens with zero attached hydrogens (tertiary/aromatic N) is 2. The minimum Gasteiger partial charge on any atom is -0.399 e. The standard InChI is InChI=1S/C15H25N3O/c1-5-17(4)15(19)11-18(12(2)3)10-13-6-8-14(16)9-7-13/h6-9,12H,5,10-11,16H2,1-4H3. The Bertz CT molecular complexity index is 400. The Hall–Kier alpha value is -1.55. The number of anilines is 1. The van der Waals surface area contributed by atoms with Crippen LogP contribution < -0.4 is 5.73 Å². The maximum absolute atomic E-state index is 12.0. The Labute approximate surface area is 116 Å². The second kappa shape index (κ2) is 7.14. The van der Waals surface area contributed by atoms with Crippen LogP contribution in [0.15, 0.2) is 24.3 Å². The first kappa shape index (κ1) is 15.5. The van der Waals surface area contributed by atoms with Gasteiger partial charge in [-0.2, -0.15) is 0 Å². The zero-order valence-corrected chi connectivity index (χ0v) is 12.4. The summed E-state index contributed by atoms with van der Waals surface area (Å²) in [5.74, 6) is 0.159. The first-order valence-electron chi connectivity index (χ1n) is 6.76. The van der Waals surface area contributed by atoms with Crippen LogP contribution in [0.1, 0.15) is 26.3 Å². The van der Waals surface area contributed by atoms with E-state index >= 15 is 0 Å². The third-order valence-electron chi connectivity index (χ3n) is 3.33. The molecule has 0 atom stereocenters. The smallest absolute Gasteiger partial charge is 0.236 e. The molecule has 106 valence electrons. The molecule has 0 aliphatic carbocycles. The van der Waals surface area contributed by atoms with Gasteiger partial charge in [-0.05, 0) is 38.5 Å². The van der Waals surface area contributed by atoms with E-state index in [1.54, 1.807) is 4.90 Å². The second-order valence-corrected chi connectivity index (χ2v) is 5.15. The zero-order valence-electron chi connectivity index (χ0n) is 12.4. The number of rotatable bonds is 6. The van der Waals surface area contributed by atoms with Crippen LogP contribution in [0.2, 0.25) is 0 Å². The summed E-state index contributed by atoms with van der Waals surface area (Å²) >= 11 is 0. The topological polar surface area (TPSA) is 49.6 Å². The molecular weight excluding hydrogens is 238 g/mol. The van der Waals surface area contributed by atoms with Crippen molar-refractivity contribution in [2.24, 2.45) is 0 Å². The molecule has 0 spiro atoms. The van der Waals surface area contributed by atoms with Crippen molar-refractivity contribution in [1.29, 1.82) is 0 Å². The third-order valence-corrected chi connectivity index (χ3v) is 3.33. The average molecular weight is 263 g/mol. The highest BCUT2D eigenvalue weighted by Gasteiger charge is 2.16. The summed E-state index contributed by atoms with van der Waals surface area (Å²) in [5, 5.41) is 0. The van der Waals surface area contributed by atoms with Gasteiger partial charge in [0.15, 0.2) is 0 Å². The lowest BCUT2D eigenvalue weighted by atomic mass is 10.1. The highest BCUT2D eigenvalue weighted by atomic mass is 16.2. The fraction of sp³-hybridized carbons (Fsp3) is 0.533. The van der Waals surface area contributed by atoms with E-state index in [2.05, 4.69) is 18.7 Å². The van der Waals surface area contributed by atoms with Gasteiger partial charge in [-0.25, -0.2) is 0 Å². The summed E-state index contributed by atoms with van der Waals surface area (Å²) < 4.78 is 0. The van der Waals surface area contributed by atoms with Gasteiger partial charge in [-0.3, -0.25) is 9.69 Å². The van der Waals surface area contributed by atoms with E-state index in [4.69, 9.17) is 5.73 Å². The molecule has 1 aromatic carbocycles. The largest absolute Gasteiger partial charge is 0.399 e. The molecule has 0 aromatic heterocycles. The van der Waals surface area contributed by atoms with Crippen molar-refractivity contribution in [2.45, 2.75) is 33.4 Å². The molecule has 0 saturated heterocycles. The molecule has 0 bridgehead atoms. The lowest BCUT2D eigenvalue weighted by Gasteiger charge is -2.28. The molecule has 0 heterocycles. The van der Waals surface area contributed by atoms with Crippen LogP contribution in [-0.4, -0.2) is 41.9 Å². The first-order valence-corrected chi connectivity index (χ1v) is 6.76. The Morgan fingerprint density at radius 1 is 1.26 bits per heavy atom. The van der Waals surface area contributed by atoms with Crippen molar-refractivity contribution in [3.05, 3.63) is 29.8 Å². The van der Waals surface area contributed by atoms with Crippen LogP contribution in [0.25, 0.3) is 0 Å². The first-order chi connectivity index (χ1) is 8.93. The predicted octanol–water partition coefficient (Wildman–Crippen LogP) is 1.96. The van der Waals surface area contributed by atoms with Gasteiger partial charge in [-0.1, -0.05) is 12.1 Å². The molecule has 4 nitrogen and oxygen atoms in total. The molecule has 0 aliphatic heterocycles. The van der Waals surface area contributed by atoms with Crippen LogP contribution in [0.4, 0.5) is 5.69 Å². The van der Waals surface area contributed by atoms with Crippen molar-refractivity contribution in [3.63, 3.8) is 0 Å². The fourth-order valence-electron chi connectivity index (χ4n) is 1.75. The number of nitrogen functional groups attached to an aromatic ring is 1. The number of likely N-dealkylation sites (N-methyl/N-ethyl adjacent to an activating group) is 1. The lowest BCUT2D eigenvalue weighted by molar-refractivity contribution is -0.131. The number of hydrogen-bond donors (Lipinski definition) is 1. The van der Waals surface area contributed by atoms with Gasteiger partial charge in [0.1, 0.15) is 0 Å². The maximum Gasteiger partial charge on any atom is 0.236 e. The van der Waals surface area contributed by atoms with E-state index in [9.17, 15) is 4.79 Å². The van der Waals surface area contributed by atoms with Crippen molar-refractivity contribution < 1.29 is 4.79 Å². The molecule has 0 fully saturated rings. The SMILES string of the molecule is CCN(C)C(=O)CN(Cc1ccc(N)cc1)C(C)C. The summed E-state index contributed by atoms with van der Waals surface area (Å²) in [6.07, 6.45) is 0. The molecular formula is C15H25N3O. The third kappa shape index (κ3) is 4.91. The Morgan fingerprint density at radius 3 is 2.32 bits per heavy atom. The van der Waals surface area contributed by atoms with E-state index in [1.807, 2.05) is 38.2 Å². The zero-order chi connectivity index (χ0) is 14.4. The van der Waals surface area contributed by atoms with Gasteiger partial charge < -0.3 is 10.6 Å². The van der Waals surface area contributed by atoms with E-state index in [-0.39, 0.29) is 5.91 Å². The number of hydrogen-bond acceptors (Lipinski definition) is 3. The van der Waals surface area contributed by atoms with Gasteiger partial charge in [0, 0.05) is 31.9 Å². The van der Waals surface area contributed by atoms with E-state index in [0.717, 1.165) is 18.8 Å². The quantitative estimate of drug-likeness (QED) is 0.798. The van der Waals surface area contributed by atoms with Crippen LogP contribution in [0, 0.1) is 0 Å². The highest BCUT2D eigenvalue weighted by molar-refractivity contribution is 5.77. The molecule has 1 rings (SSSR count). The van der Waals surface area contributed by atoms with Crippen molar-refractivity contribution in [2.75, 3.05) is 25.9 Å². The second-order valence-electron chi connectivity index (χ2n) is 5.15. The van der Waals surface area contributed by atoms with Gasteiger partial charge in [0.2, 0.25) is 5.91 Å². The minimum absolute atomic E-state index is 0.159. The van der Waals surface area contributed by atoms with Gasteiger partial charge in [-0.15, -0.1) is 0 Å². The predicted molar refractivity (Wildman–Crippen MR) is 79.7 cm³/mol. The van der Waals surface area contributed by atoms with Gasteiger partial charge >= 0.3 is 0 Å². The van der Waals surface area contributed by atoms with E-state index < -0.39 is 0 Å². The Balaban J connectivity index is 2.68. The molecule has 4 heteroatoms.